The van der Waals surface area contributed by atoms with Crippen LogP contribution < -0.4 is 10.2 Å². The minimum Gasteiger partial charge on any atom is -0.348 e. The molecule has 7 heteroatoms. The van der Waals surface area contributed by atoms with Crippen LogP contribution in [0.5, 0.6) is 0 Å². The number of pyridine rings is 1. The van der Waals surface area contributed by atoms with Crippen molar-refractivity contribution < 1.29 is 4.79 Å². The predicted molar refractivity (Wildman–Crippen MR) is 94.7 cm³/mol. The summed E-state index contributed by atoms with van der Waals surface area (Å²) in [6.07, 6.45) is 9.13. The van der Waals surface area contributed by atoms with Crippen molar-refractivity contribution in [2.45, 2.75) is 25.8 Å². The molecule has 1 atom stereocenters. The van der Waals surface area contributed by atoms with Crippen LogP contribution in [0.2, 0.25) is 0 Å². The van der Waals surface area contributed by atoms with Crippen molar-refractivity contribution >= 4 is 17.5 Å². The third-order valence-corrected chi connectivity index (χ3v) is 4.55. The van der Waals surface area contributed by atoms with E-state index in [-0.39, 0.29) is 11.9 Å². The third-order valence-electron chi connectivity index (χ3n) is 4.55. The molecule has 128 valence electrons. The summed E-state index contributed by atoms with van der Waals surface area (Å²) >= 11 is 0. The molecule has 0 spiro atoms. The standard InChI is InChI=1S/C18H20N6O/c1-13-11-21-16-10-14(5-9-24(13)16)17(25)22-15-4-2-8-23(12-15)18-19-6-3-7-20-18/h3,5-7,9-11,15H,2,4,8,12H2,1H3,(H,22,25). The van der Waals surface area contributed by atoms with Gasteiger partial charge >= 0.3 is 0 Å². The minimum absolute atomic E-state index is 0.0658. The Labute approximate surface area is 145 Å². The molecular formula is C18H20N6O. The van der Waals surface area contributed by atoms with Crippen LogP contribution in [0, 0.1) is 6.92 Å². The zero-order chi connectivity index (χ0) is 17.2. The molecule has 0 aliphatic carbocycles. The number of piperidine rings is 1. The molecule has 25 heavy (non-hydrogen) atoms. The highest BCUT2D eigenvalue weighted by molar-refractivity contribution is 5.95. The van der Waals surface area contributed by atoms with E-state index in [1.807, 2.05) is 29.7 Å². The molecule has 1 amide bonds. The molecule has 1 N–H and O–H groups in total. The van der Waals surface area contributed by atoms with Crippen molar-refractivity contribution in [2.75, 3.05) is 18.0 Å². The van der Waals surface area contributed by atoms with Gasteiger partial charge in [0.25, 0.3) is 5.91 Å². The summed E-state index contributed by atoms with van der Waals surface area (Å²) in [5, 5.41) is 3.13. The predicted octanol–water partition coefficient (Wildman–Crippen LogP) is 1.83. The maximum Gasteiger partial charge on any atom is 0.251 e. The van der Waals surface area contributed by atoms with Gasteiger partial charge in [0.2, 0.25) is 5.95 Å². The molecule has 0 bridgehead atoms. The average molecular weight is 336 g/mol. The smallest absolute Gasteiger partial charge is 0.251 e. The van der Waals surface area contributed by atoms with E-state index < -0.39 is 0 Å². The van der Waals surface area contributed by atoms with E-state index in [0.717, 1.165) is 43.2 Å². The molecule has 4 rings (SSSR count). The lowest BCUT2D eigenvalue weighted by atomic mass is 10.1. The van der Waals surface area contributed by atoms with Crippen molar-refractivity contribution in [3.8, 4) is 0 Å². The fourth-order valence-corrected chi connectivity index (χ4v) is 3.25. The molecule has 1 aliphatic rings. The number of rotatable bonds is 3. The van der Waals surface area contributed by atoms with E-state index in [0.29, 0.717) is 5.56 Å². The van der Waals surface area contributed by atoms with E-state index in [1.165, 1.54) is 0 Å². The largest absolute Gasteiger partial charge is 0.348 e. The maximum absolute atomic E-state index is 12.6. The molecular weight excluding hydrogens is 316 g/mol. The van der Waals surface area contributed by atoms with Crippen LogP contribution in [0.3, 0.4) is 0 Å². The van der Waals surface area contributed by atoms with Gasteiger partial charge in [0.05, 0.1) is 0 Å². The first-order valence-electron chi connectivity index (χ1n) is 8.47. The van der Waals surface area contributed by atoms with Gasteiger partial charge in [-0.2, -0.15) is 0 Å². The molecule has 0 saturated carbocycles. The lowest BCUT2D eigenvalue weighted by Crippen LogP contribution is -2.48. The van der Waals surface area contributed by atoms with Crippen LogP contribution in [0.4, 0.5) is 5.95 Å². The van der Waals surface area contributed by atoms with Gasteiger partial charge < -0.3 is 14.6 Å². The Kier molecular flexibility index (Phi) is 4.05. The van der Waals surface area contributed by atoms with E-state index in [4.69, 9.17) is 0 Å². The second kappa shape index (κ2) is 6.51. The van der Waals surface area contributed by atoms with Crippen LogP contribution in [0.25, 0.3) is 5.65 Å². The molecule has 1 saturated heterocycles. The monoisotopic (exact) mass is 336 g/mol. The highest BCUT2D eigenvalue weighted by Gasteiger charge is 2.23. The molecule has 0 radical (unpaired) electrons. The Morgan fingerprint density at radius 2 is 2.12 bits per heavy atom. The fraction of sp³-hybridized carbons (Fsp3) is 0.333. The number of hydrogen-bond acceptors (Lipinski definition) is 5. The van der Waals surface area contributed by atoms with Gasteiger partial charge in [0.1, 0.15) is 5.65 Å². The molecule has 3 aromatic rings. The van der Waals surface area contributed by atoms with Gasteiger partial charge in [-0.15, -0.1) is 0 Å². The van der Waals surface area contributed by atoms with Crippen LogP contribution in [0.15, 0.2) is 43.0 Å². The molecule has 0 aromatic carbocycles. The summed E-state index contributed by atoms with van der Waals surface area (Å²) < 4.78 is 1.96. The summed E-state index contributed by atoms with van der Waals surface area (Å²) in [6.45, 7) is 3.62. The summed E-state index contributed by atoms with van der Waals surface area (Å²) in [7, 11) is 0. The first-order chi connectivity index (χ1) is 12.2. The van der Waals surface area contributed by atoms with E-state index in [2.05, 4.69) is 25.2 Å². The Morgan fingerprint density at radius 3 is 2.96 bits per heavy atom. The minimum atomic E-state index is -0.0658. The van der Waals surface area contributed by atoms with Crippen LogP contribution in [-0.2, 0) is 0 Å². The Morgan fingerprint density at radius 1 is 1.28 bits per heavy atom. The Hall–Kier alpha value is -2.96. The molecule has 1 unspecified atom stereocenters. The quantitative estimate of drug-likeness (QED) is 0.790. The van der Waals surface area contributed by atoms with Gasteiger partial charge in [-0.3, -0.25) is 4.79 Å². The van der Waals surface area contributed by atoms with Crippen LogP contribution in [0.1, 0.15) is 28.9 Å². The summed E-state index contributed by atoms with van der Waals surface area (Å²) in [5.41, 5.74) is 2.46. The SMILES string of the molecule is Cc1cnc2cc(C(=O)NC3CCCN(c4ncccn4)C3)ccn12. The van der Waals surface area contributed by atoms with E-state index in [1.54, 1.807) is 24.7 Å². The van der Waals surface area contributed by atoms with Crippen molar-refractivity contribution in [2.24, 2.45) is 0 Å². The zero-order valence-corrected chi connectivity index (χ0v) is 14.1. The number of nitrogens with one attached hydrogen (secondary N) is 1. The van der Waals surface area contributed by atoms with E-state index >= 15 is 0 Å². The van der Waals surface area contributed by atoms with Gasteiger partial charge in [0, 0.05) is 55.2 Å². The lowest BCUT2D eigenvalue weighted by Gasteiger charge is -2.33. The maximum atomic E-state index is 12.6. The lowest BCUT2D eigenvalue weighted by molar-refractivity contribution is 0.0933. The number of carbonyl (C=O) groups excluding carboxylic acids is 1. The number of aromatic nitrogens is 4. The molecule has 3 aromatic heterocycles. The second-order valence-corrected chi connectivity index (χ2v) is 6.35. The number of aryl methyl sites for hydroxylation is 1. The van der Waals surface area contributed by atoms with Gasteiger partial charge in [-0.05, 0) is 38.0 Å². The van der Waals surface area contributed by atoms with E-state index in [9.17, 15) is 4.79 Å². The molecule has 4 heterocycles. The second-order valence-electron chi connectivity index (χ2n) is 6.35. The van der Waals surface area contributed by atoms with Crippen molar-refractivity contribution in [3.05, 3.63) is 54.2 Å². The normalized spacial score (nSPS) is 17.6. The number of nitrogens with zero attached hydrogens (tertiary/aromatic N) is 5. The molecule has 7 nitrogen and oxygen atoms in total. The number of hydrogen-bond donors (Lipinski definition) is 1. The van der Waals surface area contributed by atoms with Crippen molar-refractivity contribution in [3.63, 3.8) is 0 Å². The first-order valence-corrected chi connectivity index (χ1v) is 8.47. The number of anilines is 1. The topological polar surface area (TPSA) is 75.4 Å². The Bertz CT molecular complexity index is 891. The van der Waals surface area contributed by atoms with Crippen LogP contribution in [-0.4, -0.2) is 44.4 Å². The van der Waals surface area contributed by atoms with Gasteiger partial charge in [0.15, 0.2) is 0 Å². The Balaban J connectivity index is 1.46. The summed E-state index contributed by atoms with van der Waals surface area (Å²) in [4.78, 5) is 27.7. The third kappa shape index (κ3) is 3.17. The number of fused-ring (bicyclic) bond motifs is 1. The number of carbonyl (C=O) groups is 1. The average Bonchev–Trinajstić information content (AvgIpc) is 3.03. The van der Waals surface area contributed by atoms with Gasteiger partial charge in [-0.25, -0.2) is 15.0 Å². The summed E-state index contributed by atoms with van der Waals surface area (Å²) in [6, 6.07) is 5.55. The number of imidazole rings is 1. The zero-order valence-electron chi connectivity index (χ0n) is 14.1. The molecule has 1 fully saturated rings. The summed E-state index contributed by atoms with van der Waals surface area (Å²) in [5.74, 6) is 0.653. The first kappa shape index (κ1) is 15.6. The highest BCUT2D eigenvalue weighted by atomic mass is 16.1. The van der Waals surface area contributed by atoms with Crippen molar-refractivity contribution in [1.82, 2.24) is 24.7 Å². The highest BCUT2D eigenvalue weighted by Crippen LogP contribution is 2.16. The van der Waals surface area contributed by atoms with Crippen molar-refractivity contribution in [1.29, 1.82) is 0 Å². The molecule has 1 aliphatic heterocycles. The number of amides is 1. The fourth-order valence-electron chi connectivity index (χ4n) is 3.25. The van der Waals surface area contributed by atoms with Crippen LogP contribution >= 0.6 is 0 Å². The van der Waals surface area contributed by atoms with Gasteiger partial charge in [-0.1, -0.05) is 0 Å².